The van der Waals surface area contributed by atoms with Gasteiger partial charge in [0.25, 0.3) is 5.91 Å². The van der Waals surface area contributed by atoms with E-state index in [2.05, 4.69) is 32.3 Å². The van der Waals surface area contributed by atoms with Gasteiger partial charge in [-0.1, -0.05) is 25.1 Å². The number of hydrogen-bond acceptors (Lipinski definition) is 7. The molecule has 0 saturated carbocycles. The molecule has 0 radical (unpaired) electrons. The van der Waals surface area contributed by atoms with Crippen LogP contribution in [-0.2, 0) is 16.6 Å². The van der Waals surface area contributed by atoms with Crippen LogP contribution in [0, 0.1) is 18.1 Å². The number of allylic oxidation sites excluding steroid dienone is 1. The molecule has 13 heteroatoms. The van der Waals surface area contributed by atoms with Crippen LogP contribution in [0.25, 0.3) is 11.0 Å². The Labute approximate surface area is 241 Å². The molecular weight excluding hydrogens is 551 g/mol. The Morgan fingerprint density at radius 1 is 1.10 bits per heavy atom. The number of likely N-dealkylation sites (tertiary alicyclic amines) is 2. The van der Waals surface area contributed by atoms with Gasteiger partial charge in [0.15, 0.2) is 11.8 Å². The standard InChI is InChI=1S/C29H34F3N7O3/c1-18-6-5-13-38(17-18)27-35-25(29(30,31)32)24(42-27)26(40)34-19-9-10-23(33-16-19)37-14-11-20(12-15-37)39-22-8-4-3-7-21(22)36(2)28(39)41/h7-9,16,18,20,23-24,27H,5-6,10-15,17H2,1-2H3,(H,34,40). The van der Waals surface area contributed by atoms with Crippen LogP contribution in [0.15, 0.2) is 38.7 Å². The average molecular weight is 586 g/mol. The van der Waals surface area contributed by atoms with Crippen molar-refractivity contribution in [1.82, 2.24) is 24.3 Å². The van der Waals surface area contributed by atoms with Gasteiger partial charge in [0.2, 0.25) is 6.35 Å². The van der Waals surface area contributed by atoms with Gasteiger partial charge in [0.1, 0.15) is 6.17 Å². The van der Waals surface area contributed by atoms with Gasteiger partial charge < -0.3 is 10.1 Å². The van der Waals surface area contributed by atoms with Crippen molar-refractivity contribution >= 4 is 28.9 Å². The first kappa shape index (κ1) is 28.6. The number of aryl methyl sites for hydroxylation is 1. The quantitative estimate of drug-likeness (QED) is 0.583. The molecule has 10 nitrogen and oxygen atoms in total. The van der Waals surface area contributed by atoms with Gasteiger partial charge in [-0.2, -0.15) is 13.2 Å². The van der Waals surface area contributed by atoms with Gasteiger partial charge in [-0.15, -0.1) is 0 Å². The number of halogens is 3. The Morgan fingerprint density at radius 3 is 2.50 bits per heavy atom. The van der Waals surface area contributed by atoms with Crippen LogP contribution in [0.1, 0.15) is 45.1 Å². The SMILES string of the molecule is CC1CCCN(C2N=C(C(F)(F)F)C(C(=O)NC3=CCC(N4CCC(n5c(=O)n(C)c6cc#ccc65)CC4)N=C3)O2)C1. The second-order valence-corrected chi connectivity index (χ2v) is 11.6. The van der Waals surface area contributed by atoms with Crippen LogP contribution in [0.5, 0.6) is 0 Å². The maximum absolute atomic E-state index is 13.8. The minimum Gasteiger partial charge on any atom is -0.324 e. The largest absolute Gasteiger partial charge is 0.432 e. The lowest BCUT2D eigenvalue weighted by atomic mass is 10.0. The molecular formula is C29H34F3N7O3. The van der Waals surface area contributed by atoms with E-state index in [0.717, 1.165) is 49.8 Å². The maximum Gasteiger partial charge on any atom is 0.432 e. The van der Waals surface area contributed by atoms with Gasteiger partial charge in [-0.3, -0.25) is 28.7 Å². The summed E-state index contributed by atoms with van der Waals surface area (Å²) in [6.45, 7) is 4.63. The minimum atomic E-state index is -4.78. The summed E-state index contributed by atoms with van der Waals surface area (Å²) in [4.78, 5) is 38.2. The molecule has 0 aliphatic carbocycles. The third-order valence-electron chi connectivity index (χ3n) is 8.65. The van der Waals surface area contributed by atoms with Crippen LogP contribution >= 0.6 is 0 Å². The first-order chi connectivity index (χ1) is 20.1. The summed E-state index contributed by atoms with van der Waals surface area (Å²) >= 11 is 0. The van der Waals surface area contributed by atoms with E-state index < -0.39 is 30.3 Å². The third kappa shape index (κ3) is 5.50. The number of alkyl halides is 3. The summed E-state index contributed by atoms with van der Waals surface area (Å²) in [5, 5.41) is 2.56. The zero-order valence-electron chi connectivity index (χ0n) is 23.6. The van der Waals surface area contributed by atoms with Crippen molar-refractivity contribution in [3.05, 3.63) is 46.5 Å². The fraction of sp³-hybridized carbons (Fsp3) is 0.586. The van der Waals surface area contributed by atoms with Crippen LogP contribution in [0.3, 0.4) is 0 Å². The number of fused-ring (bicyclic) bond motifs is 1. The molecule has 4 aliphatic heterocycles. The highest BCUT2D eigenvalue weighted by atomic mass is 19.4. The monoisotopic (exact) mass is 585 g/mol. The van der Waals surface area contributed by atoms with E-state index in [-0.39, 0.29) is 17.9 Å². The Hall–Kier alpha value is -3.47. The molecule has 224 valence electrons. The second kappa shape index (κ2) is 11.3. The first-order valence-corrected chi connectivity index (χ1v) is 14.4. The van der Waals surface area contributed by atoms with Crippen LogP contribution < -0.4 is 11.0 Å². The fourth-order valence-corrected chi connectivity index (χ4v) is 6.44. The molecule has 1 aromatic heterocycles. The molecule has 0 bridgehead atoms. The molecule has 1 amide bonds. The lowest BCUT2D eigenvalue weighted by Crippen LogP contribution is -2.47. The van der Waals surface area contributed by atoms with Gasteiger partial charge in [-0.05, 0) is 31.6 Å². The van der Waals surface area contributed by atoms with E-state index in [9.17, 15) is 22.8 Å². The van der Waals surface area contributed by atoms with E-state index in [1.54, 1.807) is 34.7 Å². The Morgan fingerprint density at radius 2 is 1.83 bits per heavy atom. The number of imidazole rings is 1. The zero-order valence-corrected chi connectivity index (χ0v) is 23.6. The Kier molecular flexibility index (Phi) is 7.72. The number of piperidine rings is 2. The van der Waals surface area contributed by atoms with E-state index in [0.29, 0.717) is 31.1 Å². The Bertz CT molecular complexity index is 1490. The molecule has 4 atom stereocenters. The second-order valence-electron chi connectivity index (χ2n) is 11.6. The zero-order chi connectivity index (χ0) is 29.6. The third-order valence-corrected chi connectivity index (χ3v) is 8.65. The smallest absolute Gasteiger partial charge is 0.324 e. The molecule has 2 saturated heterocycles. The number of aromatic nitrogens is 2. The van der Waals surface area contributed by atoms with E-state index in [1.807, 2.05) is 11.5 Å². The van der Waals surface area contributed by atoms with Gasteiger partial charge in [0.05, 0.1) is 16.7 Å². The summed E-state index contributed by atoms with van der Waals surface area (Å²) < 4.78 is 50.4. The number of carbonyl (C=O) groups excluding carboxylic acids is 1. The van der Waals surface area contributed by atoms with Crippen molar-refractivity contribution in [3.63, 3.8) is 0 Å². The van der Waals surface area contributed by atoms with Crippen molar-refractivity contribution in [3.8, 4) is 0 Å². The summed E-state index contributed by atoms with van der Waals surface area (Å²) in [7, 11) is 1.76. The molecule has 5 heterocycles. The highest BCUT2D eigenvalue weighted by Gasteiger charge is 2.50. The first-order valence-electron chi connectivity index (χ1n) is 14.4. The number of nitrogens with zero attached hydrogens (tertiary/aromatic N) is 6. The van der Waals surface area contributed by atoms with E-state index >= 15 is 0 Å². The molecule has 1 N–H and O–H groups in total. The Balaban J connectivity index is 1.05. The van der Waals surface area contributed by atoms with E-state index in [1.165, 1.54) is 6.21 Å². The van der Waals surface area contributed by atoms with E-state index in [4.69, 9.17) is 4.74 Å². The fourth-order valence-electron chi connectivity index (χ4n) is 6.44. The minimum absolute atomic E-state index is 0.0547. The summed E-state index contributed by atoms with van der Waals surface area (Å²) in [6, 6.07) is 9.47. The van der Waals surface area contributed by atoms with Crippen molar-refractivity contribution in [1.29, 1.82) is 0 Å². The van der Waals surface area contributed by atoms with Crippen molar-refractivity contribution in [2.45, 2.75) is 69.9 Å². The number of hydrogen-bond donors (Lipinski definition) is 1. The van der Waals surface area contributed by atoms with Crippen molar-refractivity contribution in [2.75, 3.05) is 26.2 Å². The molecule has 6 rings (SSSR count). The number of amides is 1. The lowest BCUT2D eigenvalue weighted by molar-refractivity contribution is -0.138. The number of ether oxygens (including phenoxy) is 1. The predicted octanol–water partition coefficient (Wildman–Crippen LogP) is 2.80. The topological polar surface area (TPSA) is 96.5 Å². The number of aliphatic imine (C=N–C) groups is 2. The van der Waals surface area contributed by atoms with Crippen LogP contribution in [0.4, 0.5) is 13.2 Å². The molecule has 1 aromatic carbocycles. The molecule has 2 aromatic rings. The number of carbonyl (C=O) groups is 1. The predicted molar refractivity (Wildman–Crippen MR) is 150 cm³/mol. The average Bonchev–Trinajstić information content (AvgIpc) is 3.54. The highest BCUT2D eigenvalue weighted by Crippen LogP contribution is 2.31. The van der Waals surface area contributed by atoms with Crippen molar-refractivity contribution in [2.24, 2.45) is 23.0 Å². The normalized spacial score (nSPS) is 28.0. The van der Waals surface area contributed by atoms with Gasteiger partial charge >= 0.3 is 11.9 Å². The summed E-state index contributed by atoms with van der Waals surface area (Å²) in [6.07, 6.45) is -0.760. The van der Waals surface area contributed by atoms with Gasteiger partial charge in [0, 0.05) is 64.0 Å². The number of dihydropyridines is 1. The molecule has 2 fully saturated rings. The van der Waals surface area contributed by atoms with Gasteiger partial charge in [-0.25, -0.2) is 9.79 Å². The number of rotatable bonds is 5. The molecule has 42 heavy (non-hydrogen) atoms. The number of nitrogens with one attached hydrogen (secondary N) is 1. The summed E-state index contributed by atoms with van der Waals surface area (Å²) in [5.41, 5.74) is 0.740. The van der Waals surface area contributed by atoms with Crippen LogP contribution in [-0.4, -0.2) is 87.7 Å². The molecule has 0 spiro atoms. The summed E-state index contributed by atoms with van der Waals surface area (Å²) in [5.74, 6) is -0.591. The molecule has 4 unspecified atom stereocenters. The maximum atomic E-state index is 13.8. The van der Waals surface area contributed by atoms with Crippen LogP contribution in [0.2, 0.25) is 0 Å². The highest BCUT2D eigenvalue weighted by molar-refractivity contribution is 6.11. The lowest BCUT2D eigenvalue weighted by Gasteiger charge is -2.36. The molecule has 4 aliphatic rings. The van der Waals surface area contributed by atoms with Crippen molar-refractivity contribution < 1.29 is 22.7 Å².